The monoisotopic (exact) mass is 269 g/mol. The second-order valence-corrected chi connectivity index (χ2v) is 7.67. The predicted octanol–water partition coefficient (Wildman–Crippen LogP) is 2.54. The Kier molecular flexibility index (Phi) is 5.35. The van der Waals surface area contributed by atoms with Crippen molar-refractivity contribution in [2.75, 3.05) is 5.75 Å². The number of hydrogen-bond acceptors (Lipinski definition) is 3. The van der Waals surface area contributed by atoms with E-state index in [1.54, 1.807) is 6.92 Å². The van der Waals surface area contributed by atoms with Crippen LogP contribution in [0.1, 0.15) is 38.8 Å². The van der Waals surface area contributed by atoms with Gasteiger partial charge in [0, 0.05) is 6.04 Å². The summed E-state index contributed by atoms with van der Waals surface area (Å²) in [6.07, 6.45) is 0.689. The van der Waals surface area contributed by atoms with E-state index in [4.69, 9.17) is 5.73 Å². The maximum absolute atomic E-state index is 12.2. The molecule has 0 aromatic heterocycles. The Morgan fingerprint density at radius 3 is 2.17 bits per heavy atom. The van der Waals surface area contributed by atoms with Crippen LogP contribution in [0.25, 0.3) is 0 Å². The van der Waals surface area contributed by atoms with Gasteiger partial charge >= 0.3 is 0 Å². The quantitative estimate of drug-likeness (QED) is 0.863. The molecule has 1 aromatic rings. The molecule has 0 radical (unpaired) electrons. The molecular formula is C14H23NO2S. The minimum atomic E-state index is -3.13. The van der Waals surface area contributed by atoms with Crippen LogP contribution in [-0.2, 0) is 9.84 Å². The third kappa shape index (κ3) is 4.10. The molecule has 0 spiro atoms. The van der Waals surface area contributed by atoms with Crippen molar-refractivity contribution in [3.8, 4) is 0 Å². The molecule has 0 aliphatic carbocycles. The van der Waals surface area contributed by atoms with E-state index in [-0.39, 0.29) is 5.75 Å². The summed E-state index contributed by atoms with van der Waals surface area (Å²) >= 11 is 0. The number of nitrogens with two attached hydrogens (primary N) is 1. The predicted molar refractivity (Wildman–Crippen MR) is 76.1 cm³/mol. The van der Waals surface area contributed by atoms with Crippen molar-refractivity contribution in [2.45, 2.75) is 38.5 Å². The summed E-state index contributed by atoms with van der Waals surface area (Å²) in [5.41, 5.74) is 6.93. The van der Waals surface area contributed by atoms with Gasteiger partial charge in [0.1, 0.15) is 0 Å². The third-order valence-corrected chi connectivity index (χ3v) is 5.47. The van der Waals surface area contributed by atoms with Gasteiger partial charge in [-0.1, -0.05) is 44.2 Å². The summed E-state index contributed by atoms with van der Waals surface area (Å²) < 4.78 is 24.3. The van der Waals surface area contributed by atoms with E-state index >= 15 is 0 Å². The first-order valence-corrected chi connectivity index (χ1v) is 8.08. The minimum Gasteiger partial charge on any atom is -0.323 e. The fourth-order valence-electron chi connectivity index (χ4n) is 1.76. The van der Waals surface area contributed by atoms with Crippen LogP contribution in [0.2, 0.25) is 0 Å². The number of benzene rings is 1. The summed E-state index contributed by atoms with van der Waals surface area (Å²) in [5, 5.41) is -0.543. The molecule has 102 valence electrons. The summed E-state index contributed by atoms with van der Waals surface area (Å²) in [6, 6.07) is 8.95. The van der Waals surface area contributed by atoms with Crippen molar-refractivity contribution in [3.63, 3.8) is 0 Å². The van der Waals surface area contributed by atoms with Crippen molar-refractivity contribution in [1.29, 1.82) is 0 Å². The lowest BCUT2D eigenvalue weighted by molar-refractivity contribution is 0.549. The fourth-order valence-corrected chi connectivity index (χ4v) is 3.53. The number of sulfone groups is 1. The van der Waals surface area contributed by atoms with E-state index in [9.17, 15) is 8.42 Å². The zero-order valence-electron chi connectivity index (χ0n) is 11.3. The lowest BCUT2D eigenvalue weighted by atomic mass is 10.1. The molecule has 2 N–H and O–H groups in total. The average molecular weight is 269 g/mol. The number of hydrogen-bond donors (Lipinski definition) is 1. The van der Waals surface area contributed by atoms with Crippen LogP contribution in [-0.4, -0.2) is 19.4 Å². The summed E-state index contributed by atoms with van der Waals surface area (Å²) in [4.78, 5) is 0. The molecule has 0 heterocycles. The molecule has 18 heavy (non-hydrogen) atoms. The van der Waals surface area contributed by atoms with Gasteiger partial charge in [-0.25, -0.2) is 8.42 Å². The van der Waals surface area contributed by atoms with E-state index < -0.39 is 21.1 Å². The lowest BCUT2D eigenvalue weighted by Crippen LogP contribution is -2.33. The largest absolute Gasteiger partial charge is 0.323 e. The highest BCUT2D eigenvalue weighted by atomic mass is 32.2. The molecule has 0 aliphatic rings. The van der Waals surface area contributed by atoms with Crippen molar-refractivity contribution >= 4 is 9.84 Å². The van der Waals surface area contributed by atoms with Crippen LogP contribution in [0.3, 0.4) is 0 Å². The standard InChI is InChI=1S/C14H23NO2S/c1-11(2)9-10-18(16,17)12(3)14(15)13-7-5-4-6-8-13/h4-8,11-12,14H,9-10,15H2,1-3H3. The van der Waals surface area contributed by atoms with Gasteiger partial charge in [0.2, 0.25) is 0 Å². The molecular weight excluding hydrogens is 246 g/mol. The first-order chi connectivity index (χ1) is 8.34. The lowest BCUT2D eigenvalue weighted by Gasteiger charge is -2.21. The smallest absolute Gasteiger partial charge is 0.154 e. The van der Waals surface area contributed by atoms with Crippen LogP contribution in [0.4, 0.5) is 0 Å². The van der Waals surface area contributed by atoms with Gasteiger partial charge in [-0.3, -0.25) is 0 Å². The van der Waals surface area contributed by atoms with Gasteiger partial charge in [0.25, 0.3) is 0 Å². The van der Waals surface area contributed by atoms with Gasteiger partial charge in [0.05, 0.1) is 11.0 Å². The van der Waals surface area contributed by atoms with Gasteiger partial charge in [-0.15, -0.1) is 0 Å². The molecule has 3 nitrogen and oxygen atoms in total. The molecule has 2 atom stereocenters. The maximum atomic E-state index is 12.2. The highest BCUT2D eigenvalue weighted by molar-refractivity contribution is 7.92. The average Bonchev–Trinajstić information content (AvgIpc) is 2.36. The van der Waals surface area contributed by atoms with E-state index in [0.29, 0.717) is 12.3 Å². The maximum Gasteiger partial charge on any atom is 0.154 e. The van der Waals surface area contributed by atoms with Crippen LogP contribution >= 0.6 is 0 Å². The Morgan fingerprint density at radius 1 is 1.11 bits per heavy atom. The van der Waals surface area contributed by atoms with Crippen molar-refractivity contribution in [1.82, 2.24) is 0 Å². The van der Waals surface area contributed by atoms with Crippen LogP contribution < -0.4 is 5.73 Å². The summed E-state index contributed by atoms with van der Waals surface area (Å²) in [6.45, 7) is 5.75. The summed E-state index contributed by atoms with van der Waals surface area (Å²) in [5.74, 6) is 0.603. The fraction of sp³-hybridized carbons (Fsp3) is 0.571. The number of rotatable bonds is 6. The zero-order chi connectivity index (χ0) is 13.8. The molecule has 0 bridgehead atoms. The Labute approximate surface area is 110 Å². The van der Waals surface area contributed by atoms with E-state index in [1.165, 1.54) is 0 Å². The molecule has 1 aromatic carbocycles. The van der Waals surface area contributed by atoms with Crippen molar-refractivity contribution in [3.05, 3.63) is 35.9 Å². The molecule has 0 fully saturated rings. The third-order valence-electron chi connectivity index (χ3n) is 3.24. The first-order valence-electron chi connectivity index (χ1n) is 6.36. The van der Waals surface area contributed by atoms with Gasteiger partial charge in [-0.2, -0.15) is 0 Å². The highest BCUT2D eigenvalue weighted by Crippen LogP contribution is 2.21. The topological polar surface area (TPSA) is 60.2 Å². The highest BCUT2D eigenvalue weighted by Gasteiger charge is 2.27. The zero-order valence-corrected chi connectivity index (χ0v) is 12.2. The van der Waals surface area contributed by atoms with Gasteiger partial charge in [-0.05, 0) is 24.8 Å². The molecule has 1 rings (SSSR count). The molecule has 0 aliphatic heterocycles. The molecule has 0 amide bonds. The Bertz CT molecular complexity index is 454. The second-order valence-electron chi connectivity index (χ2n) is 5.19. The molecule has 0 saturated heterocycles. The molecule has 0 saturated carbocycles. The van der Waals surface area contributed by atoms with Crippen molar-refractivity contribution < 1.29 is 8.42 Å². The Balaban J connectivity index is 2.77. The van der Waals surface area contributed by atoms with Crippen molar-refractivity contribution in [2.24, 2.45) is 11.7 Å². The minimum absolute atomic E-state index is 0.215. The Morgan fingerprint density at radius 2 is 1.67 bits per heavy atom. The van der Waals surface area contributed by atoms with E-state index in [2.05, 4.69) is 0 Å². The first kappa shape index (κ1) is 15.2. The van der Waals surface area contributed by atoms with Crippen LogP contribution in [0, 0.1) is 5.92 Å². The second kappa shape index (κ2) is 6.34. The van der Waals surface area contributed by atoms with E-state index in [0.717, 1.165) is 5.56 Å². The summed E-state index contributed by atoms with van der Waals surface area (Å²) in [7, 11) is -3.13. The van der Waals surface area contributed by atoms with Gasteiger partial charge in [0.15, 0.2) is 9.84 Å². The van der Waals surface area contributed by atoms with Crippen LogP contribution in [0.5, 0.6) is 0 Å². The van der Waals surface area contributed by atoms with Gasteiger partial charge < -0.3 is 5.73 Å². The molecule has 4 heteroatoms. The Hall–Kier alpha value is -0.870. The SMILES string of the molecule is CC(C)CCS(=O)(=O)C(C)C(N)c1ccccc1. The molecule has 2 unspecified atom stereocenters. The normalized spacial score (nSPS) is 15.6. The van der Waals surface area contributed by atoms with Crippen LogP contribution in [0.15, 0.2) is 30.3 Å². The van der Waals surface area contributed by atoms with E-state index in [1.807, 2.05) is 44.2 Å².